The highest BCUT2D eigenvalue weighted by molar-refractivity contribution is 7.92. The molecule has 0 saturated carbocycles. The third kappa shape index (κ3) is 2.73. The second kappa shape index (κ2) is 5.09. The average Bonchev–Trinajstić information content (AvgIpc) is 2.44. The van der Waals surface area contributed by atoms with Crippen molar-refractivity contribution in [1.82, 2.24) is 0 Å². The Bertz CT molecular complexity index is 844. The lowest BCUT2D eigenvalue weighted by atomic mass is 9.87. The maximum atomic E-state index is 13.2. The molecule has 0 fully saturated rings. The van der Waals surface area contributed by atoms with Gasteiger partial charge in [0.2, 0.25) is 9.84 Å². The Morgan fingerprint density at radius 3 is 1.42 bits per heavy atom. The van der Waals surface area contributed by atoms with Gasteiger partial charge in [-0.05, 0) is 46.2 Å². The first-order valence-electron chi connectivity index (χ1n) is 8.22. The van der Waals surface area contributed by atoms with Crippen LogP contribution in [0.15, 0.2) is 46.2 Å². The molecule has 0 atom stereocenters. The first-order chi connectivity index (χ1) is 10.9. The largest absolute Gasteiger partial charge is 0.353 e. The van der Waals surface area contributed by atoms with Crippen molar-refractivity contribution in [2.75, 3.05) is 5.32 Å². The number of sulfone groups is 1. The van der Waals surface area contributed by atoms with Crippen molar-refractivity contribution >= 4 is 21.2 Å². The summed E-state index contributed by atoms with van der Waals surface area (Å²) in [5.41, 5.74) is 3.14. The molecule has 1 aliphatic rings. The van der Waals surface area contributed by atoms with Crippen LogP contribution in [0.2, 0.25) is 0 Å². The molecule has 1 N–H and O–H groups in total. The molecule has 3 rings (SSSR count). The van der Waals surface area contributed by atoms with Crippen molar-refractivity contribution in [2.24, 2.45) is 0 Å². The van der Waals surface area contributed by atoms with Crippen LogP contribution in [0.5, 0.6) is 0 Å². The lowest BCUT2D eigenvalue weighted by Gasteiger charge is -2.27. The Kier molecular flexibility index (Phi) is 3.61. The average molecular weight is 343 g/mol. The monoisotopic (exact) mass is 343 g/mol. The first kappa shape index (κ1) is 17.0. The van der Waals surface area contributed by atoms with Crippen LogP contribution in [0, 0.1) is 0 Å². The van der Waals surface area contributed by atoms with Gasteiger partial charge in [-0.15, -0.1) is 0 Å². The number of hydrogen-bond donors (Lipinski definition) is 1. The van der Waals surface area contributed by atoms with Crippen LogP contribution in [-0.2, 0) is 20.7 Å². The first-order valence-corrected chi connectivity index (χ1v) is 9.70. The van der Waals surface area contributed by atoms with Gasteiger partial charge in [0.05, 0.1) is 21.2 Å². The van der Waals surface area contributed by atoms with Gasteiger partial charge in [0.25, 0.3) is 0 Å². The summed E-state index contributed by atoms with van der Waals surface area (Å²) in [7, 11) is -3.53. The van der Waals surface area contributed by atoms with Crippen LogP contribution in [0.4, 0.5) is 11.4 Å². The molecule has 0 unspecified atom stereocenters. The third-order valence-corrected chi connectivity index (χ3v) is 6.38. The zero-order valence-corrected chi connectivity index (χ0v) is 16.0. The van der Waals surface area contributed by atoms with Crippen LogP contribution < -0.4 is 5.32 Å². The smallest absolute Gasteiger partial charge is 0.210 e. The molecule has 2 aromatic carbocycles. The fourth-order valence-corrected chi connectivity index (χ4v) is 4.51. The molecule has 2 aromatic rings. The van der Waals surface area contributed by atoms with Gasteiger partial charge in [0, 0.05) is 0 Å². The second-order valence-corrected chi connectivity index (χ2v) is 10.4. The summed E-state index contributed by atoms with van der Waals surface area (Å²) >= 11 is 0. The maximum absolute atomic E-state index is 13.2. The van der Waals surface area contributed by atoms with E-state index in [1.807, 2.05) is 36.4 Å². The molecule has 1 heterocycles. The molecule has 24 heavy (non-hydrogen) atoms. The van der Waals surface area contributed by atoms with Crippen molar-refractivity contribution in [3.63, 3.8) is 0 Å². The lowest BCUT2D eigenvalue weighted by molar-refractivity contribution is 0.580. The van der Waals surface area contributed by atoms with Gasteiger partial charge in [-0.1, -0.05) is 53.7 Å². The van der Waals surface area contributed by atoms with Crippen LogP contribution in [0.3, 0.4) is 0 Å². The Morgan fingerprint density at radius 1 is 0.708 bits per heavy atom. The fourth-order valence-electron chi connectivity index (χ4n) is 2.89. The van der Waals surface area contributed by atoms with Crippen molar-refractivity contribution in [1.29, 1.82) is 0 Å². The molecule has 0 radical (unpaired) electrons. The molecule has 0 bridgehead atoms. The topological polar surface area (TPSA) is 46.2 Å². The quantitative estimate of drug-likeness (QED) is 0.612. The van der Waals surface area contributed by atoms with E-state index in [4.69, 9.17) is 0 Å². The van der Waals surface area contributed by atoms with E-state index in [1.165, 1.54) is 0 Å². The summed E-state index contributed by atoms with van der Waals surface area (Å²) in [6.45, 7) is 12.5. The summed E-state index contributed by atoms with van der Waals surface area (Å²) in [5.74, 6) is 0. The van der Waals surface area contributed by atoms with Gasteiger partial charge in [-0.3, -0.25) is 0 Å². The van der Waals surface area contributed by atoms with Gasteiger partial charge in [0.1, 0.15) is 0 Å². The second-order valence-electron chi connectivity index (χ2n) is 8.55. The zero-order chi connectivity index (χ0) is 17.9. The highest BCUT2D eigenvalue weighted by Crippen LogP contribution is 2.42. The Labute approximate surface area is 145 Å². The summed E-state index contributed by atoms with van der Waals surface area (Å²) in [6.07, 6.45) is 0. The molecule has 4 heteroatoms. The van der Waals surface area contributed by atoms with Crippen molar-refractivity contribution in [3.8, 4) is 0 Å². The number of anilines is 2. The minimum Gasteiger partial charge on any atom is -0.353 e. The fraction of sp³-hybridized carbons (Fsp3) is 0.400. The summed E-state index contributed by atoms with van der Waals surface area (Å²) in [4.78, 5) is 0.738. The number of rotatable bonds is 0. The van der Waals surface area contributed by atoms with E-state index in [0.717, 1.165) is 11.1 Å². The maximum Gasteiger partial charge on any atom is 0.210 e. The number of nitrogens with one attached hydrogen (secondary N) is 1. The predicted octanol–water partition coefficient (Wildman–Crippen LogP) is 5.17. The predicted molar refractivity (Wildman–Crippen MR) is 99.0 cm³/mol. The molecule has 0 aliphatic carbocycles. The molecule has 1 aliphatic heterocycles. The third-order valence-electron chi connectivity index (χ3n) is 4.54. The minimum absolute atomic E-state index is 0.0991. The van der Waals surface area contributed by atoms with Gasteiger partial charge >= 0.3 is 0 Å². The SMILES string of the molecule is CC(C)(C)c1ccc2c(c1)S(=O)(=O)c1cc(C(C)(C)C)ccc1N2. The Balaban J connectivity index is 2.22. The van der Waals surface area contributed by atoms with E-state index in [9.17, 15) is 8.42 Å². The van der Waals surface area contributed by atoms with Gasteiger partial charge in [-0.2, -0.15) is 0 Å². The number of benzene rings is 2. The minimum atomic E-state index is -3.53. The Morgan fingerprint density at radius 2 is 1.08 bits per heavy atom. The Hall–Kier alpha value is -1.81. The molecular formula is C20H25NO2S. The zero-order valence-electron chi connectivity index (χ0n) is 15.2. The number of fused-ring (bicyclic) bond motifs is 2. The van der Waals surface area contributed by atoms with Gasteiger partial charge < -0.3 is 5.32 Å². The summed E-state index contributed by atoms with van der Waals surface area (Å²) in [5, 5.41) is 3.27. The van der Waals surface area contributed by atoms with E-state index in [0.29, 0.717) is 21.2 Å². The molecular weight excluding hydrogens is 318 g/mol. The van der Waals surface area contributed by atoms with Crippen molar-refractivity contribution < 1.29 is 8.42 Å². The standard InChI is InChI=1S/C20H25NO2S/c1-19(2,3)13-7-9-15-17(11-13)24(22,23)18-12-14(20(4,5)6)8-10-16(18)21-15/h7-12,21H,1-6H3. The lowest BCUT2D eigenvalue weighted by Crippen LogP contribution is -2.19. The van der Waals surface area contributed by atoms with Gasteiger partial charge in [-0.25, -0.2) is 8.42 Å². The normalized spacial score (nSPS) is 16.1. The van der Waals surface area contributed by atoms with Crippen LogP contribution in [0.25, 0.3) is 0 Å². The molecule has 0 aromatic heterocycles. The van der Waals surface area contributed by atoms with E-state index < -0.39 is 9.84 Å². The molecule has 0 saturated heterocycles. The van der Waals surface area contributed by atoms with E-state index >= 15 is 0 Å². The van der Waals surface area contributed by atoms with E-state index in [1.54, 1.807) is 0 Å². The summed E-state index contributed by atoms with van der Waals surface area (Å²) < 4.78 is 26.4. The van der Waals surface area contributed by atoms with E-state index in [2.05, 4.69) is 46.9 Å². The van der Waals surface area contributed by atoms with Crippen molar-refractivity contribution in [3.05, 3.63) is 47.5 Å². The molecule has 128 valence electrons. The van der Waals surface area contributed by atoms with Crippen LogP contribution in [0.1, 0.15) is 52.7 Å². The highest BCUT2D eigenvalue weighted by Gasteiger charge is 2.32. The van der Waals surface area contributed by atoms with Crippen molar-refractivity contribution in [2.45, 2.75) is 62.2 Å². The molecule has 0 spiro atoms. The highest BCUT2D eigenvalue weighted by atomic mass is 32.2. The number of hydrogen-bond acceptors (Lipinski definition) is 3. The molecule has 0 amide bonds. The van der Waals surface area contributed by atoms with E-state index in [-0.39, 0.29) is 10.8 Å². The van der Waals surface area contributed by atoms with Gasteiger partial charge in [0.15, 0.2) is 0 Å². The van der Waals surface area contributed by atoms with Crippen LogP contribution in [-0.4, -0.2) is 8.42 Å². The van der Waals surface area contributed by atoms with Crippen LogP contribution >= 0.6 is 0 Å². The summed E-state index contributed by atoms with van der Waals surface area (Å²) in [6, 6.07) is 11.3. The molecule has 3 nitrogen and oxygen atoms in total.